The Morgan fingerprint density at radius 1 is 0.870 bits per heavy atom. The molecule has 2 rings (SSSR count). The quantitative estimate of drug-likeness (QED) is 0.869. The summed E-state index contributed by atoms with van der Waals surface area (Å²) in [6.07, 6.45) is 0. The minimum atomic E-state index is -0.374. The van der Waals surface area contributed by atoms with Crippen molar-refractivity contribution in [2.45, 2.75) is 0 Å². The molecular weight excluding hydrogens is 341 g/mol. The smallest absolute Gasteiger partial charge is 0.259 e. The molecule has 0 saturated carbocycles. The summed E-state index contributed by atoms with van der Waals surface area (Å²) < 4.78 is 15.6. The van der Waals surface area contributed by atoms with Gasteiger partial charge in [-0.05, 0) is 18.2 Å². The van der Waals surface area contributed by atoms with Crippen LogP contribution in [-0.2, 0) is 0 Å². The summed E-state index contributed by atoms with van der Waals surface area (Å²) in [6.45, 7) is 0. The van der Waals surface area contributed by atoms with E-state index in [-0.39, 0.29) is 5.91 Å². The first kappa shape index (κ1) is 17.2. The van der Waals surface area contributed by atoms with E-state index in [0.29, 0.717) is 38.5 Å². The van der Waals surface area contributed by atoms with Crippen molar-refractivity contribution in [1.29, 1.82) is 0 Å². The van der Waals surface area contributed by atoms with Crippen LogP contribution in [0, 0.1) is 0 Å². The third-order valence-corrected chi connectivity index (χ3v) is 3.87. The molecule has 0 unspecified atom stereocenters. The van der Waals surface area contributed by atoms with Crippen molar-refractivity contribution in [3.63, 3.8) is 0 Å². The van der Waals surface area contributed by atoms with E-state index in [2.05, 4.69) is 5.32 Å². The van der Waals surface area contributed by atoms with Gasteiger partial charge in [-0.25, -0.2) is 0 Å². The highest BCUT2D eigenvalue weighted by atomic mass is 35.5. The SMILES string of the molecule is COc1cc(OC)c(C(=O)Nc2ccc(Cl)c(Cl)c2)cc1OC. The monoisotopic (exact) mass is 355 g/mol. The zero-order valence-electron chi connectivity index (χ0n) is 12.8. The highest BCUT2D eigenvalue weighted by Gasteiger charge is 2.18. The second kappa shape index (κ2) is 7.44. The van der Waals surface area contributed by atoms with Crippen LogP contribution >= 0.6 is 23.2 Å². The number of hydrogen-bond acceptors (Lipinski definition) is 4. The van der Waals surface area contributed by atoms with Crippen LogP contribution in [-0.4, -0.2) is 27.2 Å². The molecule has 0 aliphatic carbocycles. The van der Waals surface area contributed by atoms with Gasteiger partial charge in [0.05, 0.1) is 36.9 Å². The van der Waals surface area contributed by atoms with Gasteiger partial charge >= 0.3 is 0 Å². The normalized spacial score (nSPS) is 10.1. The van der Waals surface area contributed by atoms with Gasteiger partial charge in [0, 0.05) is 17.8 Å². The Bertz CT molecular complexity index is 734. The lowest BCUT2D eigenvalue weighted by molar-refractivity contribution is 0.102. The van der Waals surface area contributed by atoms with E-state index in [0.717, 1.165) is 0 Å². The van der Waals surface area contributed by atoms with Crippen LogP contribution < -0.4 is 19.5 Å². The average molecular weight is 356 g/mol. The Morgan fingerprint density at radius 3 is 2.04 bits per heavy atom. The molecular formula is C16H15Cl2NO4. The molecule has 0 spiro atoms. The second-order valence-electron chi connectivity index (χ2n) is 4.49. The molecule has 2 aromatic rings. The molecule has 1 amide bonds. The van der Waals surface area contributed by atoms with Gasteiger partial charge in [0.1, 0.15) is 5.75 Å². The van der Waals surface area contributed by atoms with E-state index in [1.54, 1.807) is 30.3 Å². The molecule has 0 saturated heterocycles. The Labute approximate surface area is 144 Å². The highest BCUT2D eigenvalue weighted by molar-refractivity contribution is 6.42. The molecule has 0 atom stereocenters. The molecule has 0 heterocycles. The van der Waals surface area contributed by atoms with E-state index < -0.39 is 0 Å². The third-order valence-electron chi connectivity index (χ3n) is 3.13. The van der Waals surface area contributed by atoms with Crippen molar-refractivity contribution in [1.82, 2.24) is 0 Å². The van der Waals surface area contributed by atoms with Crippen molar-refractivity contribution >= 4 is 34.8 Å². The van der Waals surface area contributed by atoms with Crippen LogP contribution in [0.4, 0.5) is 5.69 Å². The Hall–Kier alpha value is -2.11. The Morgan fingerprint density at radius 2 is 1.48 bits per heavy atom. The van der Waals surface area contributed by atoms with Crippen molar-refractivity contribution in [3.8, 4) is 17.2 Å². The molecule has 0 fully saturated rings. The van der Waals surface area contributed by atoms with Crippen molar-refractivity contribution in [3.05, 3.63) is 45.9 Å². The molecule has 0 bridgehead atoms. The number of methoxy groups -OCH3 is 3. The molecule has 5 nitrogen and oxygen atoms in total. The summed E-state index contributed by atoms with van der Waals surface area (Å²) in [4.78, 5) is 12.5. The Kier molecular flexibility index (Phi) is 5.58. The van der Waals surface area contributed by atoms with Gasteiger partial charge in [-0.2, -0.15) is 0 Å². The third kappa shape index (κ3) is 3.81. The summed E-state index contributed by atoms with van der Waals surface area (Å²) in [5, 5.41) is 3.49. The van der Waals surface area contributed by atoms with E-state index in [1.165, 1.54) is 21.3 Å². The summed E-state index contributed by atoms with van der Waals surface area (Å²) >= 11 is 11.8. The lowest BCUT2D eigenvalue weighted by Gasteiger charge is -2.14. The predicted molar refractivity (Wildman–Crippen MR) is 90.5 cm³/mol. The lowest BCUT2D eigenvalue weighted by atomic mass is 10.1. The molecule has 0 radical (unpaired) electrons. The molecule has 0 aliphatic rings. The number of nitrogens with one attached hydrogen (secondary N) is 1. The molecule has 1 N–H and O–H groups in total. The number of hydrogen-bond donors (Lipinski definition) is 1. The number of anilines is 1. The van der Waals surface area contributed by atoms with E-state index in [4.69, 9.17) is 37.4 Å². The zero-order chi connectivity index (χ0) is 17.0. The first-order chi connectivity index (χ1) is 11.0. The van der Waals surface area contributed by atoms with E-state index in [1.807, 2.05) is 0 Å². The Balaban J connectivity index is 2.35. The molecule has 7 heteroatoms. The summed E-state index contributed by atoms with van der Waals surface area (Å²) in [5.74, 6) is 0.879. The number of carbonyl (C=O) groups is 1. The minimum absolute atomic E-state index is 0.302. The van der Waals surface area contributed by atoms with Crippen LogP contribution in [0.25, 0.3) is 0 Å². The topological polar surface area (TPSA) is 56.8 Å². The van der Waals surface area contributed by atoms with Crippen LogP contribution in [0.5, 0.6) is 17.2 Å². The fraction of sp³-hybridized carbons (Fsp3) is 0.188. The van der Waals surface area contributed by atoms with Crippen LogP contribution in [0.2, 0.25) is 10.0 Å². The standard InChI is InChI=1S/C16H15Cl2NO4/c1-21-13-8-15(23-3)14(22-2)7-10(13)16(20)19-9-4-5-11(17)12(18)6-9/h4-8H,1-3H3,(H,19,20). The average Bonchev–Trinajstić information content (AvgIpc) is 2.56. The lowest BCUT2D eigenvalue weighted by Crippen LogP contribution is -2.13. The summed E-state index contributed by atoms with van der Waals surface area (Å²) in [7, 11) is 4.47. The summed E-state index contributed by atoms with van der Waals surface area (Å²) in [5.41, 5.74) is 0.817. The van der Waals surface area contributed by atoms with Crippen molar-refractivity contribution in [2.75, 3.05) is 26.6 Å². The fourth-order valence-electron chi connectivity index (χ4n) is 1.98. The fourth-order valence-corrected chi connectivity index (χ4v) is 2.28. The van der Waals surface area contributed by atoms with Crippen molar-refractivity contribution < 1.29 is 19.0 Å². The van der Waals surface area contributed by atoms with Gasteiger partial charge in [-0.1, -0.05) is 23.2 Å². The van der Waals surface area contributed by atoms with Gasteiger partial charge in [0.15, 0.2) is 11.5 Å². The number of rotatable bonds is 5. The maximum Gasteiger partial charge on any atom is 0.259 e. The maximum atomic E-state index is 12.5. The van der Waals surface area contributed by atoms with Gasteiger partial charge in [-0.15, -0.1) is 0 Å². The molecule has 2 aromatic carbocycles. The van der Waals surface area contributed by atoms with Crippen LogP contribution in [0.1, 0.15) is 10.4 Å². The first-order valence-corrected chi connectivity index (χ1v) is 7.32. The first-order valence-electron chi connectivity index (χ1n) is 6.56. The van der Waals surface area contributed by atoms with Gasteiger partial charge in [-0.3, -0.25) is 4.79 Å². The number of ether oxygens (including phenoxy) is 3. The molecule has 122 valence electrons. The number of amides is 1. The zero-order valence-corrected chi connectivity index (χ0v) is 14.3. The molecule has 0 aliphatic heterocycles. The predicted octanol–water partition coefficient (Wildman–Crippen LogP) is 4.27. The number of halogens is 2. The van der Waals surface area contributed by atoms with Gasteiger partial charge < -0.3 is 19.5 Å². The second-order valence-corrected chi connectivity index (χ2v) is 5.30. The van der Waals surface area contributed by atoms with E-state index >= 15 is 0 Å². The van der Waals surface area contributed by atoms with Crippen molar-refractivity contribution in [2.24, 2.45) is 0 Å². The van der Waals surface area contributed by atoms with Gasteiger partial charge in [0.25, 0.3) is 5.91 Å². The largest absolute Gasteiger partial charge is 0.496 e. The van der Waals surface area contributed by atoms with E-state index in [9.17, 15) is 4.79 Å². The highest BCUT2D eigenvalue weighted by Crippen LogP contribution is 2.35. The minimum Gasteiger partial charge on any atom is -0.496 e. The number of benzene rings is 2. The molecule has 23 heavy (non-hydrogen) atoms. The van der Waals surface area contributed by atoms with Crippen LogP contribution in [0.3, 0.4) is 0 Å². The molecule has 0 aromatic heterocycles. The van der Waals surface area contributed by atoms with Crippen LogP contribution in [0.15, 0.2) is 30.3 Å². The van der Waals surface area contributed by atoms with Gasteiger partial charge in [0.2, 0.25) is 0 Å². The number of carbonyl (C=O) groups excluding carboxylic acids is 1. The summed E-state index contributed by atoms with van der Waals surface area (Å²) in [6, 6.07) is 7.95. The maximum absolute atomic E-state index is 12.5.